The van der Waals surface area contributed by atoms with Crippen LogP contribution < -0.4 is 4.74 Å². The number of carbonyl (C=O) groups excluding carboxylic acids is 2. The van der Waals surface area contributed by atoms with Gasteiger partial charge in [-0.1, -0.05) is 0 Å². The first kappa shape index (κ1) is 31.3. The van der Waals surface area contributed by atoms with Crippen molar-refractivity contribution in [2.24, 2.45) is 0 Å². The highest BCUT2D eigenvalue weighted by Crippen LogP contribution is 2.37. The van der Waals surface area contributed by atoms with Crippen molar-refractivity contribution in [1.29, 1.82) is 0 Å². The van der Waals surface area contributed by atoms with Gasteiger partial charge in [-0.25, -0.2) is 14.4 Å². The van der Waals surface area contributed by atoms with Crippen LogP contribution in [0.4, 0.5) is 0 Å². The molecule has 0 aliphatic carbocycles. The first-order chi connectivity index (χ1) is 20.7. The maximum absolute atomic E-state index is 12.8. The summed E-state index contributed by atoms with van der Waals surface area (Å²) in [5.41, 5.74) is -1.56. The monoisotopic (exact) mass is 620 g/mol. The molecule has 0 bridgehead atoms. The number of phenols is 7. The molecule has 4 rings (SSSR count). The summed E-state index contributed by atoms with van der Waals surface area (Å²) in [4.78, 5) is 37.1. The first-order valence-electron chi connectivity index (χ1n) is 12.3. The summed E-state index contributed by atoms with van der Waals surface area (Å²) in [5, 5.41) is 98.6. The van der Waals surface area contributed by atoms with Gasteiger partial charge in [0.05, 0.1) is 11.1 Å². The second kappa shape index (κ2) is 12.3. The third-order valence-electron chi connectivity index (χ3n) is 6.31. The lowest BCUT2D eigenvalue weighted by Crippen LogP contribution is -2.61. The first-order valence-corrected chi connectivity index (χ1v) is 12.3. The Balaban J connectivity index is 1.61. The molecule has 0 amide bonds. The van der Waals surface area contributed by atoms with Crippen LogP contribution in [0.2, 0.25) is 0 Å². The fraction of sp³-hybridized carbons (Fsp3) is 0.222. The van der Waals surface area contributed by atoms with Gasteiger partial charge in [0.1, 0.15) is 42.0 Å². The molecule has 234 valence electrons. The maximum Gasteiger partial charge on any atom is 0.339 e. The van der Waals surface area contributed by atoms with E-state index in [0.29, 0.717) is 12.1 Å². The number of benzene rings is 3. The number of phenolic OH excluding ortho intramolecular Hbond substituents is 7. The molecule has 5 atom stereocenters. The standard InChI is InChI=1S/C27H24O17/c28-11-1-2-17(12(7-11)24(37)38)42-27-23(44-26(40)10-5-15(31)20(34)16(32)6-10)22(36)21(35)18(43-27)8-41-25(39)9-3-13(29)19(33)14(30)4-9/h1-7,18,21-23,27-36H,8H2,(H,37,38)/t18-,21-,22+,23-,27-/m1/s1. The van der Waals surface area contributed by atoms with E-state index >= 15 is 0 Å². The zero-order valence-electron chi connectivity index (χ0n) is 22.0. The predicted molar refractivity (Wildman–Crippen MR) is 139 cm³/mol. The van der Waals surface area contributed by atoms with E-state index < -0.39 is 118 Å². The smallest absolute Gasteiger partial charge is 0.339 e. The van der Waals surface area contributed by atoms with Gasteiger partial charge < -0.3 is 70.0 Å². The van der Waals surface area contributed by atoms with E-state index in [9.17, 15) is 65.4 Å². The largest absolute Gasteiger partial charge is 0.508 e. The van der Waals surface area contributed by atoms with Gasteiger partial charge in [0.2, 0.25) is 6.29 Å². The Morgan fingerprint density at radius 2 is 1.25 bits per heavy atom. The van der Waals surface area contributed by atoms with E-state index in [0.717, 1.165) is 30.3 Å². The Morgan fingerprint density at radius 3 is 1.77 bits per heavy atom. The van der Waals surface area contributed by atoms with E-state index in [1.807, 2.05) is 0 Å². The second-order valence-electron chi connectivity index (χ2n) is 9.32. The molecule has 10 N–H and O–H groups in total. The van der Waals surface area contributed by atoms with Gasteiger partial charge in [-0.05, 0) is 42.5 Å². The Bertz CT molecular complexity index is 1550. The predicted octanol–water partition coefficient (Wildman–Crippen LogP) is 0.232. The van der Waals surface area contributed by atoms with Crippen LogP contribution in [0.25, 0.3) is 0 Å². The van der Waals surface area contributed by atoms with Gasteiger partial charge >= 0.3 is 17.9 Å². The van der Waals surface area contributed by atoms with Crippen LogP contribution >= 0.6 is 0 Å². The van der Waals surface area contributed by atoms with Crippen molar-refractivity contribution in [2.75, 3.05) is 6.61 Å². The zero-order chi connectivity index (χ0) is 32.5. The average molecular weight is 620 g/mol. The van der Waals surface area contributed by atoms with Gasteiger partial charge in [0, 0.05) is 0 Å². The fourth-order valence-electron chi connectivity index (χ4n) is 4.05. The molecule has 17 heteroatoms. The van der Waals surface area contributed by atoms with Crippen LogP contribution in [0.5, 0.6) is 46.0 Å². The number of ether oxygens (including phenoxy) is 4. The third kappa shape index (κ3) is 6.38. The molecular weight excluding hydrogens is 596 g/mol. The molecule has 1 saturated heterocycles. The Hall–Kier alpha value is -5.65. The zero-order valence-corrected chi connectivity index (χ0v) is 22.0. The van der Waals surface area contributed by atoms with E-state index in [1.54, 1.807) is 0 Å². The van der Waals surface area contributed by atoms with E-state index in [1.165, 1.54) is 0 Å². The molecule has 0 radical (unpaired) electrons. The topological polar surface area (TPSA) is 290 Å². The molecule has 17 nitrogen and oxygen atoms in total. The highest BCUT2D eigenvalue weighted by molar-refractivity contribution is 5.92. The highest BCUT2D eigenvalue weighted by Gasteiger charge is 2.49. The van der Waals surface area contributed by atoms with Crippen LogP contribution in [-0.2, 0) is 14.2 Å². The lowest BCUT2D eigenvalue weighted by molar-refractivity contribution is -0.276. The molecule has 3 aromatic rings. The van der Waals surface area contributed by atoms with Crippen molar-refractivity contribution in [3.05, 3.63) is 59.2 Å². The Morgan fingerprint density at radius 1 is 0.727 bits per heavy atom. The molecular formula is C27H24O17. The molecule has 44 heavy (non-hydrogen) atoms. The summed E-state index contributed by atoms with van der Waals surface area (Å²) in [7, 11) is 0. The molecule has 0 saturated carbocycles. The van der Waals surface area contributed by atoms with Crippen LogP contribution in [-0.4, -0.2) is 106 Å². The number of rotatable bonds is 8. The Labute approximate surface area is 245 Å². The van der Waals surface area contributed by atoms with Gasteiger partial charge in [-0.3, -0.25) is 0 Å². The van der Waals surface area contributed by atoms with Gasteiger partial charge in [0.15, 0.2) is 40.6 Å². The van der Waals surface area contributed by atoms with E-state index in [4.69, 9.17) is 18.9 Å². The van der Waals surface area contributed by atoms with Crippen molar-refractivity contribution < 1.29 is 84.4 Å². The van der Waals surface area contributed by atoms with Crippen molar-refractivity contribution in [1.82, 2.24) is 0 Å². The summed E-state index contributed by atoms with van der Waals surface area (Å²) in [6.07, 6.45) is -9.58. The third-order valence-corrected chi connectivity index (χ3v) is 6.31. The number of esters is 2. The van der Waals surface area contributed by atoms with Crippen molar-refractivity contribution in [2.45, 2.75) is 30.7 Å². The van der Waals surface area contributed by atoms with Crippen LogP contribution in [0.1, 0.15) is 31.1 Å². The van der Waals surface area contributed by atoms with E-state index in [2.05, 4.69) is 0 Å². The number of hydrogen-bond acceptors (Lipinski definition) is 16. The van der Waals surface area contributed by atoms with Gasteiger partial charge in [-0.15, -0.1) is 0 Å². The lowest BCUT2D eigenvalue weighted by Gasteiger charge is -2.41. The summed E-state index contributed by atoms with van der Waals surface area (Å²) >= 11 is 0. The summed E-state index contributed by atoms with van der Waals surface area (Å²) in [5.74, 6) is -10.4. The quantitative estimate of drug-likeness (QED) is 0.119. The number of carboxylic acids is 1. The van der Waals surface area contributed by atoms with Crippen molar-refractivity contribution in [3.63, 3.8) is 0 Å². The Kier molecular flexibility index (Phi) is 8.74. The number of aliphatic hydroxyl groups excluding tert-OH is 2. The summed E-state index contributed by atoms with van der Waals surface area (Å²) < 4.78 is 21.4. The number of hydrogen-bond donors (Lipinski definition) is 10. The van der Waals surface area contributed by atoms with Crippen molar-refractivity contribution >= 4 is 17.9 Å². The average Bonchev–Trinajstić information content (AvgIpc) is 2.97. The number of carbonyl (C=O) groups is 3. The highest BCUT2D eigenvalue weighted by atomic mass is 16.7. The second-order valence-corrected chi connectivity index (χ2v) is 9.32. The lowest BCUT2D eigenvalue weighted by atomic mass is 9.98. The van der Waals surface area contributed by atoms with Crippen LogP contribution in [0, 0.1) is 0 Å². The van der Waals surface area contributed by atoms with Gasteiger partial charge in [-0.2, -0.15) is 0 Å². The normalized spacial score (nSPS) is 21.3. The number of aromatic hydroxyl groups is 7. The molecule has 3 aromatic carbocycles. The molecule has 1 fully saturated rings. The van der Waals surface area contributed by atoms with Crippen molar-refractivity contribution in [3.8, 4) is 46.0 Å². The molecule has 0 aromatic heterocycles. The maximum atomic E-state index is 12.8. The minimum absolute atomic E-state index is 0.432. The number of aromatic carboxylic acids is 1. The van der Waals surface area contributed by atoms with E-state index in [-0.39, 0.29) is 0 Å². The molecule has 1 aliphatic heterocycles. The fourth-order valence-corrected chi connectivity index (χ4v) is 4.05. The minimum atomic E-state index is -2.08. The molecule has 0 unspecified atom stereocenters. The summed E-state index contributed by atoms with van der Waals surface area (Å²) in [6.45, 7) is -0.832. The number of aliphatic hydroxyl groups is 2. The van der Waals surface area contributed by atoms with Gasteiger partial charge in [0.25, 0.3) is 0 Å². The SMILES string of the molecule is O=C(OC[C@H]1O[C@@H](Oc2ccc(O)cc2C(=O)O)[C@H](OC(=O)c2cc(O)c(O)c(O)c2)[C@@H](O)[C@@H]1O)c1cc(O)c(O)c(O)c1. The molecule has 1 heterocycles. The minimum Gasteiger partial charge on any atom is -0.508 e. The molecule has 1 aliphatic rings. The van der Waals surface area contributed by atoms with Crippen LogP contribution in [0.3, 0.4) is 0 Å². The molecule has 0 spiro atoms. The van der Waals surface area contributed by atoms with Crippen LogP contribution in [0.15, 0.2) is 42.5 Å². The number of carboxylic acid groups (broad SMARTS) is 1. The summed E-state index contributed by atoms with van der Waals surface area (Å²) in [6, 6.07) is 5.82.